The van der Waals surface area contributed by atoms with Crippen LogP contribution in [0.3, 0.4) is 0 Å². The maximum Gasteiger partial charge on any atom is 0.306 e. The Kier molecular flexibility index (Phi) is 4.06. The van der Waals surface area contributed by atoms with E-state index in [1.54, 1.807) is 0 Å². The Balaban J connectivity index is 1.63. The first kappa shape index (κ1) is 15.9. The molecule has 5 nitrogen and oxygen atoms in total. The third-order valence-electron chi connectivity index (χ3n) is 4.59. The number of carbonyl (C=O) groups excluding carboxylic acids is 1. The van der Waals surface area contributed by atoms with Crippen LogP contribution in [0.4, 0.5) is 8.78 Å². The van der Waals surface area contributed by atoms with Gasteiger partial charge in [-0.05, 0) is 43.9 Å². The van der Waals surface area contributed by atoms with Crippen LogP contribution in [-0.4, -0.2) is 35.2 Å². The summed E-state index contributed by atoms with van der Waals surface area (Å²) >= 11 is 0. The third kappa shape index (κ3) is 3.19. The molecule has 1 aliphatic carbocycles. The first-order chi connectivity index (χ1) is 10.9. The van der Waals surface area contributed by atoms with E-state index in [-0.39, 0.29) is 11.6 Å². The third-order valence-corrected chi connectivity index (χ3v) is 4.59. The van der Waals surface area contributed by atoms with Gasteiger partial charge in [-0.2, -0.15) is 0 Å². The molecule has 7 heteroatoms. The van der Waals surface area contributed by atoms with E-state index in [4.69, 9.17) is 9.84 Å². The van der Waals surface area contributed by atoms with Crippen molar-refractivity contribution in [3.8, 4) is 0 Å². The van der Waals surface area contributed by atoms with Crippen LogP contribution in [0, 0.1) is 17.6 Å². The van der Waals surface area contributed by atoms with E-state index in [9.17, 15) is 18.4 Å². The molecule has 124 valence electrons. The highest BCUT2D eigenvalue weighted by Gasteiger charge is 2.51. The molecule has 1 saturated heterocycles. The second-order valence-electron chi connectivity index (χ2n) is 6.26. The Labute approximate surface area is 131 Å². The molecular formula is C16H17F2NO4. The number of hydrogen-bond acceptors (Lipinski definition) is 3. The van der Waals surface area contributed by atoms with Crippen molar-refractivity contribution in [2.45, 2.75) is 37.3 Å². The van der Waals surface area contributed by atoms with Crippen molar-refractivity contribution in [2.24, 2.45) is 5.92 Å². The molecule has 2 N–H and O–H groups in total. The van der Waals surface area contributed by atoms with Crippen LogP contribution in [0.15, 0.2) is 18.2 Å². The van der Waals surface area contributed by atoms with Crippen LogP contribution in [0.1, 0.15) is 36.0 Å². The van der Waals surface area contributed by atoms with Gasteiger partial charge in [-0.3, -0.25) is 9.59 Å². The molecule has 0 aromatic heterocycles. The Bertz CT molecular complexity index is 643. The van der Waals surface area contributed by atoms with E-state index in [1.807, 2.05) is 0 Å². The average molecular weight is 325 g/mol. The molecule has 0 radical (unpaired) electrons. The van der Waals surface area contributed by atoms with Crippen LogP contribution in [0.25, 0.3) is 0 Å². The van der Waals surface area contributed by atoms with Gasteiger partial charge in [0, 0.05) is 12.6 Å². The molecule has 2 fully saturated rings. The Hall–Kier alpha value is -2.02. The monoisotopic (exact) mass is 325 g/mol. The van der Waals surface area contributed by atoms with Crippen molar-refractivity contribution >= 4 is 11.9 Å². The Morgan fingerprint density at radius 2 is 2.00 bits per heavy atom. The minimum absolute atomic E-state index is 0.242. The summed E-state index contributed by atoms with van der Waals surface area (Å²) in [6.45, 7) is 0.406. The van der Waals surface area contributed by atoms with Crippen molar-refractivity contribution in [3.63, 3.8) is 0 Å². The van der Waals surface area contributed by atoms with Gasteiger partial charge >= 0.3 is 5.97 Å². The number of hydrogen-bond donors (Lipinski definition) is 2. The van der Waals surface area contributed by atoms with E-state index in [1.165, 1.54) is 0 Å². The summed E-state index contributed by atoms with van der Waals surface area (Å²) in [5.74, 6) is -3.38. The number of nitrogens with one attached hydrogen (secondary N) is 1. The molecule has 1 saturated carbocycles. The fourth-order valence-electron chi connectivity index (χ4n) is 3.38. The summed E-state index contributed by atoms with van der Waals surface area (Å²) in [7, 11) is 0. The molecule has 1 atom stereocenters. The van der Waals surface area contributed by atoms with Gasteiger partial charge in [0.2, 0.25) is 0 Å². The summed E-state index contributed by atoms with van der Waals surface area (Å²) in [4.78, 5) is 23.0. The molecule has 1 heterocycles. The second kappa shape index (κ2) is 5.88. The van der Waals surface area contributed by atoms with E-state index >= 15 is 0 Å². The first-order valence-corrected chi connectivity index (χ1v) is 7.51. The maximum absolute atomic E-state index is 13.6. The maximum atomic E-state index is 13.6. The van der Waals surface area contributed by atoms with Crippen molar-refractivity contribution in [1.82, 2.24) is 5.32 Å². The Morgan fingerprint density at radius 1 is 1.26 bits per heavy atom. The lowest BCUT2D eigenvalue weighted by Gasteiger charge is -2.50. The van der Waals surface area contributed by atoms with E-state index < -0.39 is 35.0 Å². The number of carboxylic acids is 1. The minimum atomic E-state index is -0.841. The van der Waals surface area contributed by atoms with Gasteiger partial charge in [-0.15, -0.1) is 0 Å². The average Bonchev–Trinajstić information content (AvgIpc) is 2.47. The predicted molar refractivity (Wildman–Crippen MR) is 75.9 cm³/mol. The van der Waals surface area contributed by atoms with Crippen LogP contribution < -0.4 is 5.32 Å². The van der Waals surface area contributed by atoms with Crippen molar-refractivity contribution in [1.29, 1.82) is 0 Å². The minimum Gasteiger partial charge on any atom is -0.481 e. The number of carbonyl (C=O) groups is 2. The topological polar surface area (TPSA) is 75.6 Å². The summed E-state index contributed by atoms with van der Waals surface area (Å²) in [6.07, 6.45) is 1.88. The zero-order valence-corrected chi connectivity index (χ0v) is 12.4. The number of carboxylic acid groups (broad SMARTS) is 1. The van der Waals surface area contributed by atoms with Crippen LogP contribution in [0.5, 0.6) is 0 Å². The quantitative estimate of drug-likeness (QED) is 0.892. The molecule has 1 aromatic carbocycles. The van der Waals surface area contributed by atoms with Gasteiger partial charge in [-0.25, -0.2) is 8.78 Å². The highest BCUT2D eigenvalue weighted by Crippen LogP contribution is 2.46. The van der Waals surface area contributed by atoms with Gasteiger partial charge in [0.25, 0.3) is 5.91 Å². The lowest BCUT2D eigenvalue weighted by molar-refractivity contribution is -0.181. The number of ether oxygens (including phenoxy) is 1. The van der Waals surface area contributed by atoms with Crippen molar-refractivity contribution < 1.29 is 28.2 Å². The molecule has 1 amide bonds. The van der Waals surface area contributed by atoms with Crippen LogP contribution in [0.2, 0.25) is 0 Å². The number of rotatable bonds is 3. The second-order valence-corrected chi connectivity index (χ2v) is 6.26. The highest BCUT2D eigenvalue weighted by molar-refractivity contribution is 5.94. The zero-order valence-electron chi connectivity index (χ0n) is 12.4. The summed E-state index contributed by atoms with van der Waals surface area (Å²) in [6, 6.07) is 2.49. The van der Waals surface area contributed by atoms with Crippen LogP contribution >= 0.6 is 0 Å². The summed E-state index contributed by atoms with van der Waals surface area (Å²) in [5.41, 5.74) is -0.845. The molecule has 23 heavy (non-hydrogen) atoms. The largest absolute Gasteiger partial charge is 0.481 e. The number of benzene rings is 1. The van der Waals surface area contributed by atoms with Gasteiger partial charge in [0.1, 0.15) is 11.6 Å². The number of amides is 1. The number of halogens is 2. The lowest BCUT2D eigenvalue weighted by Crippen LogP contribution is -2.56. The molecule has 1 aliphatic heterocycles. The van der Waals surface area contributed by atoms with Gasteiger partial charge < -0.3 is 15.2 Å². The fraction of sp³-hybridized carbons (Fsp3) is 0.500. The van der Waals surface area contributed by atoms with Crippen molar-refractivity contribution in [2.75, 3.05) is 6.61 Å². The van der Waals surface area contributed by atoms with Crippen molar-refractivity contribution in [3.05, 3.63) is 35.4 Å². The predicted octanol–water partition coefficient (Wildman–Crippen LogP) is 2.11. The van der Waals surface area contributed by atoms with E-state index in [0.717, 1.165) is 18.2 Å². The summed E-state index contributed by atoms with van der Waals surface area (Å²) < 4.78 is 32.5. The molecule has 2 aliphatic rings. The molecule has 1 spiro atoms. The highest BCUT2D eigenvalue weighted by atomic mass is 19.1. The van der Waals surface area contributed by atoms with E-state index in [2.05, 4.69) is 5.32 Å². The standard InChI is InChI=1S/C16H17F2NO4/c17-10-1-2-13(18)12(5-10)14(20)19-11-3-4-23-16(8-11)6-9(7-16)15(21)22/h1-2,5,9,11H,3-4,6-8H2,(H,19,20)(H,21,22). The summed E-state index contributed by atoms with van der Waals surface area (Å²) in [5, 5.41) is 11.7. The fourth-order valence-corrected chi connectivity index (χ4v) is 3.38. The van der Waals surface area contributed by atoms with Gasteiger partial charge in [0.15, 0.2) is 0 Å². The van der Waals surface area contributed by atoms with Gasteiger partial charge in [-0.1, -0.05) is 0 Å². The molecule has 0 bridgehead atoms. The Morgan fingerprint density at radius 3 is 2.70 bits per heavy atom. The molecular weight excluding hydrogens is 308 g/mol. The lowest BCUT2D eigenvalue weighted by atomic mass is 9.66. The molecule has 1 unspecified atom stereocenters. The normalized spacial score (nSPS) is 29.8. The van der Waals surface area contributed by atoms with Crippen LogP contribution in [-0.2, 0) is 9.53 Å². The number of aliphatic carboxylic acids is 1. The first-order valence-electron chi connectivity index (χ1n) is 7.51. The zero-order chi connectivity index (χ0) is 16.6. The van der Waals surface area contributed by atoms with E-state index in [0.29, 0.717) is 32.3 Å². The molecule has 1 aromatic rings. The van der Waals surface area contributed by atoms with Gasteiger partial charge in [0.05, 0.1) is 17.1 Å². The molecule has 3 rings (SSSR count). The SMILES string of the molecule is O=C(NC1CCOC2(C1)CC(C(=O)O)C2)c1cc(F)ccc1F. The smallest absolute Gasteiger partial charge is 0.306 e.